The van der Waals surface area contributed by atoms with Crippen LogP contribution in [-0.2, 0) is 9.36 Å². The molecule has 0 radical (unpaired) electrons. The molecule has 0 aliphatic carbocycles. The quantitative estimate of drug-likeness (QED) is 0.435. The Morgan fingerprint density at radius 3 is 2.09 bits per heavy atom. The molecule has 64 valence electrons. The molecule has 0 atom stereocenters. The summed E-state index contributed by atoms with van der Waals surface area (Å²) >= 11 is 0. The Morgan fingerprint density at radius 2 is 2.00 bits per heavy atom. The van der Waals surface area contributed by atoms with Crippen LogP contribution < -0.4 is 0 Å². The van der Waals surface area contributed by atoms with Crippen LogP contribution in [0.1, 0.15) is 13.3 Å². The fourth-order valence-electron chi connectivity index (χ4n) is 0.501. The van der Waals surface area contributed by atoms with E-state index < -0.39 is 13.6 Å². The third-order valence-electron chi connectivity index (χ3n) is 0.980. The lowest BCUT2D eigenvalue weighted by atomic mass is 10.2. The maximum absolute atomic E-state index is 10.3. The van der Waals surface area contributed by atoms with Gasteiger partial charge in [-0.3, -0.25) is 4.57 Å². The number of hydrogen-bond donors (Lipinski definition) is 3. The van der Waals surface area contributed by atoms with E-state index >= 15 is 0 Å². The number of rotatable bonds is 3. The molecule has 0 aromatic carbocycles. The van der Waals surface area contributed by atoms with Gasteiger partial charge in [-0.25, -0.2) is 4.79 Å². The second-order valence-electron chi connectivity index (χ2n) is 1.90. The van der Waals surface area contributed by atoms with E-state index in [1.165, 1.54) is 6.92 Å². The molecule has 0 aromatic heterocycles. The molecule has 0 aliphatic heterocycles. The van der Waals surface area contributed by atoms with E-state index in [1.807, 2.05) is 0 Å². The molecule has 0 saturated carbocycles. The number of carbonyl (C=O) groups is 1. The summed E-state index contributed by atoms with van der Waals surface area (Å²) in [5.41, 5.74) is -0.265. The molecule has 11 heavy (non-hydrogen) atoms. The van der Waals surface area contributed by atoms with Gasteiger partial charge in [0.2, 0.25) is 0 Å². The molecular formula is C5H9O5P. The highest BCUT2D eigenvalue weighted by Gasteiger charge is 2.13. The van der Waals surface area contributed by atoms with Gasteiger partial charge in [0, 0.05) is 11.4 Å². The Bertz CT molecular complexity index is 225. The molecule has 0 unspecified atom stereocenters. The van der Waals surface area contributed by atoms with E-state index in [0.717, 1.165) is 0 Å². The first-order valence-corrected chi connectivity index (χ1v) is 4.55. The van der Waals surface area contributed by atoms with Crippen LogP contribution in [0, 0.1) is 0 Å². The van der Waals surface area contributed by atoms with Gasteiger partial charge in [0.05, 0.1) is 0 Å². The number of carboxylic acid groups (broad SMARTS) is 1. The van der Waals surface area contributed by atoms with Crippen molar-refractivity contribution >= 4 is 13.6 Å². The van der Waals surface area contributed by atoms with Gasteiger partial charge >= 0.3 is 13.6 Å². The summed E-state index contributed by atoms with van der Waals surface area (Å²) in [6, 6.07) is 0. The summed E-state index contributed by atoms with van der Waals surface area (Å²) < 4.78 is 10.3. The fraction of sp³-hybridized carbons (Fsp3) is 0.400. The molecule has 0 aromatic rings. The summed E-state index contributed by atoms with van der Waals surface area (Å²) in [6.07, 6.45) is 0.0977. The minimum Gasteiger partial charge on any atom is -0.478 e. The first-order chi connectivity index (χ1) is 4.87. The highest BCUT2D eigenvalue weighted by atomic mass is 31.2. The van der Waals surface area contributed by atoms with Gasteiger partial charge in [-0.2, -0.15) is 0 Å². The Hall–Kier alpha value is -0.640. The highest BCUT2D eigenvalue weighted by molar-refractivity contribution is 7.55. The Kier molecular flexibility index (Phi) is 3.45. The van der Waals surface area contributed by atoms with E-state index in [-0.39, 0.29) is 12.0 Å². The van der Waals surface area contributed by atoms with Crippen molar-refractivity contribution in [3.05, 3.63) is 11.4 Å². The van der Waals surface area contributed by atoms with Gasteiger partial charge < -0.3 is 14.9 Å². The van der Waals surface area contributed by atoms with Crippen molar-refractivity contribution in [2.45, 2.75) is 13.3 Å². The number of hydrogen-bond acceptors (Lipinski definition) is 2. The predicted molar refractivity (Wildman–Crippen MR) is 38.1 cm³/mol. The lowest BCUT2D eigenvalue weighted by Gasteiger charge is -1.98. The summed E-state index contributed by atoms with van der Waals surface area (Å²) in [4.78, 5) is 26.9. The van der Waals surface area contributed by atoms with E-state index in [0.29, 0.717) is 5.82 Å². The second kappa shape index (κ2) is 3.67. The van der Waals surface area contributed by atoms with Crippen LogP contribution in [0.3, 0.4) is 0 Å². The normalized spacial score (nSPS) is 13.2. The molecule has 5 nitrogen and oxygen atoms in total. The van der Waals surface area contributed by atoms with Crippen molar-refractivity contribution in [3.63, 3.8) is 0 Å². The molecule has 0 spiro atoms. The van der Waals surface area contributed by atoms with Crippen LogP contribution in [0.4, 0.5) is 0 Å². The summed E-state index contributed by atoms with van der Waals surface area (Å²) in [6.45, 7) is 1.51. The molecule has 0 heterocycles. The zero-order valence-corrected chi connectivity index (χ0v) is 6.78. The van der Waals surface area contributed by atoms with Crippen molar-refractivity contribution in [1.82, 2.24) is 0 Å². The standard InChI is InChI=1S/C5H9O5P/c1-2-4(5(6)7)3-11(8,9)10/h3H,2H2,1H3,(H,6,7)(H2,8,9,10). The molecule has 0 fully saturated rings. The van der Waals surface area contributed by atoms with Gasteiger partial charge in [0.25, 0.3) is 0 Å². The van der Waals surface area contributed by atoms with Gasteiger partial charge in [-0.15, -0.1) is 0 Å². The highest BCUT2D eigenvalue weighted by Crippen LogP contribution is 2.38. The van der Waals surface area contributed by atoms with E-state index in [9.17, 15) is 9.36 Å². The molecule has 0 bridgehead atoms. The van der Waals surface area contributed by atoms with Gasteiger partial charge in [0.15, 0.2) is 0 Å². The van der Waals surface area contributed by atoms with Crippen LogP contribution >= 0.6 is 7.60 Å². The van der Waals surface area contributed by atoms with Crippen molar-refractivity contribution in [2.75, 3.05) is 0 Å². The van der Waals surface area contributed by atoms with Crippen molar-refractivity contribution in [2.24, 2.45) is 0 Å². The maximum Gasteiger partial charge on any atom is 0.349 e. The molecule has 0 aliphatic rings. The van der Waals surface area contributed by atoms with Crippen molar-refractivity contribution in [1.29, 1.82) is 0 Å². The molecule has 0 saturated heterocycles. The Labute approximate surface area is 63.5 Å². The van der Waals surface area contributed by atoms with Gasteiger partial charge in [-0.05, 0) is 6.42 Å². The second-order valence-corrected chi connectivity index (χ2v) is 3.34. The van der Waals surface area contributed by atoms with E-state index in [2.05, 4.69) is 0 Å². The van der Waals surface area contributed by atoms with Crippen LogP contribution in [-0.4, -0.2) is 20.9 Å². The molecular weight excluding hydrogens is 171 g/mol. The van der Waals surface area contributed by atoms with Crippen LogP contribution in [0.5, 0.6) is 0 Å². The first kappa shape index (κ1) is 10.4. The maximum atomic E-state index is 10.3. The number of carboxylic acids is 1. The zero-order chi connectivity index (χ0) is 9.07. The van der Waals surface area contributed by atoms with Gasteiger partial charge in [-0.1, -0.05) is 6.92 Å². The minimum absolute atomic E-state index is 0.0977. The lowest BCUT2D eigenvalue weighted by molar-refractivity contribution is -0.132. The Morgan fingerprint density at radius 1 is 1.55 bits per heavy atom. The van der Waals surface area contributed by atoms with E-state index in [1.54, 1.807) is 0 Å². The predicted octanol–water partition coefficient (Wildman–Crippen LogP) is 0.543. The molecule has 0 rings (SSSR count). The largest absolute Gasteiger partial charge is 0.478 e. The topological polar surface area (TPSA) is 94.8 Å². The lowest BCUT2D eigenvalue weighted by Crippen LogP contribution is -1.98. The SMILES string of the molecule is CCC(=CP(=O)(O)O)C(=O)O. The molecule has 6 heteroatoms. The zero-order valence-electron chi connectivity index (χ0n) is 5.89. The summed E-state index contributed by atoms with van der Waals surface area (Å²) in [5, 5.41) is 8.32. The number of aliphatic carboxylic acids is 1. The smallest absolute Gasteiger partial charge is 0.349 e. The van der Waals surface area contributed by atoms with Crippen LogP contribution in [0.25, 0.3) is 0 Å². The monoisotopic (exact) mass is 180 g/mol. The third-order valence-corrected chi connectivity index (χ3v) is 1.63. The Balaban J connectivity index is 4.64. The average molecular weight is 180 g/mol. The third kappa shape index (κ3) is 4.72. The first-order valence-electron chi connectivity index (χ1n) is 2.87. The fourth-order valence-corrected chi connectivity index (χ4v) is 1.20. The molecule has 3 N–H and O–H groups in total. The van der Waals surface area contributed by atoms with Gasteiger partial charge in [0.1, 0.15) is 0 Å². The summed E-state index contributed by atoms with van der Waals surface area (Å²) in [7, 11) is -4.34. The van der Waals surface area contributed by atoms with Crippen molar-refractivity contribution in [3.8, 4) is 0 Å². The molecule has 0 amide bonds. The van der Waals surface area contributed by atoms with Crippen LogP contribution in [0.2, 0.25) is 0 Å². The van der Waals surface area contributed by atoms with E-state index in [4.69, 9.17) is 14.9 Å². The average Bonchev–Trinajstić information content (AvgIpc) is 1.80. The minimum atomic E-state index is -4.34. The van der Waals surface area contributed by atoms with Crippen molar-refractivity contribution < 1.29 is 24.3 Å². The van der Waals surface area contributed by atoms with Crippen LogP contribution in [0.15, 0.2) is 11.4 Å². The summed E-state index contributed by atoms with van der Waals surface area (Å²) in [5.74, 6) is -0.828.